The number of aryl methyl sites for hydroxylation is 1. The quantitative estimate of drug-likeness (QED) is 0.256. The molecule has 43 heavy (non-hydrogen) atoms. The van der Waals surface area contributed by atoms with Crippen molar-refractivity contribution in [1.82, 2.24) is 24.6 Å². The first-order valence-electron chi connectivity index (χ1n) is 14.1. The molecule has 1 aliphatic rings. The van der Waals surface area contributed by atoms with Crippen molar-refractivity contribution in [2.75, 3.05) is 36.4 Å². The van der Waals surface area contributed by atoms with Gasteiger partial charge >= 0.3 is 12.2 Å². The Morgan fingerprint density at radius 2 is 1.56 bits per heavy atom. The molecule has 1 N–H and O–H groups in total. The van der Waals surface area contributed by atoms with Crippen LogP contribution in [0.15, 0.2) is 84.9 Å². The second-order valence-electron chi connectivity index (χ2n) is 10.5. The SMILES string of the molecule is Cc1nn(-c2ccccc2)c2nc(Cc3ccccc3)nc(N3CCCN(C(=O)Nc4ccc(C(F)(F)F)cc4)CC3)c12. The highest BCUT2D eigenvalue weighted by molar-refractivity contribution is 5.91. The molecule has 1 aliphatic heterocycles. The van der Waals surface area contributed by atoms with E-state index in [0.717, 1.165) is 45.9 Å². The zero-order chi connectivity index (χ0) is 30.0. The number of fused-ring (bicyclic) bond motifs is 1. The van der Waals surface area contributed by atoms with Crippen LogP contribution in [0.2, 0.25) is 0 Å². The molecule has 5 aromatic rings. The lowest BCUT2D eigenvalue weighted by Gasteiger charge is -2.24. The molecule has 0 radical (unpaired) electrons. The van der Waals surface area contributed by atoms with Crippen molar-refractivity contribution < 1.29 is 18.0 Å². The van der Waals surface area contributed by atoms with Crippen LogP contribution < -0.4 is 10.2 Å². The van der Waals surface area contributed by atoms with Gasteiger partial charge in [-0.05, 0) is 55.3 Å². The minimum atomic E-state index is -4.43. The van der Waals surface area contributed by atoms with Gasteiger partial charge in [0.2, 0.25) is 0 Å². The number of aromatic nitrogens is 4. The molecule has 0 atom stereocenters. The number of alkyl halides is 3. The highest BCUT2D eigenvalue weighted by Gasteiger charge is 2.30. The number of urea groups is 1. The molecular formula is C32H30F3N7O. The van der Waals surface area contributed by atoms with Crippen LogP contribution >= 0.6 is 0 Å². The fourth-order valence-electron chi connectivity index (χ4n) is 5.32. The molecule has 0 unspecified atom stereocenters. The summed E-state index contributed by atoms with van der Waals surface area (Å²) < 4.78 is 40.6. The molecule has 3 aromatic carbocycles. The largest absolute Gasteiger partial charge is 0.416 e. The predicted molar refractivity (Wildman–Crippen MR) is 160 cm³/mol. The van der Waals surface area contributed by atoms with Crippen molar-refractivity contribution in [2.45, 2.75) is 25.9 Å². The summed E-state index contributed by atoms with van der Waals surface area (Å²) in [5.41, 5.74) is 3.08. The number of benzene rings is 3. The molecule has 6 rings (SSSR count). The van der Waals surface area contributed by atoms with E-state index < -0.39 is 11.7 Å². The van der Waals surface area contributed by atoms with Gasteiger partial charge in [0.15, 0.2) is 5.65 Å². The minimum Gasteiger partial charge on any atom is -0.354 e. The van der Waals surface area contributed by atoms with E-state index in [4.69, 9.17) is 15.1 Å². The first-order valence-corrected chi connectivity index (χ1v) is 14.1. The summed E-state index contributed by atoms with van der Waals surface area (Å²) in [6.07, 6.45) is -3.19. The third-order valence-corrected chi connectivity index (χ3v) is 7.48. The molecule has 0 spiro atoms. The standard InChI is InChI=1S/C32H30F3N7O/c1-22-28-29(40-17-8-18-41(20-19-40)31(43)36-25-15-13-24(14-16-25)32(33,34)35)37-27(21-23-9-4-2-5-10-23)38-30(28)42(39-22)26-11-6-3-7-12-26/h2-7,9-16H,8,17-21H2,1H3,(H,36,43). The Kier molecular flexibility index (Phi) is 7.71. The molecule has 2 amide bonds. The average molecular weight is 586 g/mol. The number of carbonyl (C=O) groups is 1. The van der Waals surface area contributed by atoms with Crippen molar-refractivity contribution in [1.29, 1.82) is 0 Å². The molecule has 1 saturated heterocycles. The van der Waals surface area contributed by atoms with Gasteiger partial charge in [0.1, 0.15) is 11.6 Å². The van der Waals surface area contributed by atoms with Crippen molar-refractivity contribution in [3.8, 4) is 5.69 Å². The molecular weight excluding hydrogens is 555 g/mol. The molecule has 2 aromatic heterocycles. The Balaban J connectivity index is 1.27. The van der Waals surface area contributed by atoms with E-state index in [0.29, 0.717) is 50.5 Å². The lowest BCUT2D eigenvalue weighted by Crippen LogP contribution is -2.38. The number of nitrogens with zero attached hydrogens (tertiary/aromatic N) is 6. The maximum Gasteiger partial charge on any atom is 0.416 e. The number of rotatable bonds is 5. The van der Waals surface area contributed by atoms with Crippen molar-refractivity contribution in [3.05, 3.63) is 108 Å². The summed E-state index contributed by atoms with van der Waals surface area (Å²) in [5, 5.41) is 8.44. The normalized spacial score (nSPS) is 14.1. The van der Waals surface area contributed by atoms with Crippen LogP contribution in [0, 0.1) is 6.92 Å². The van der Waals surface area contributed by atoms with Gasteiger partial charge < -0.3 is 15.1 Å². The van der Waals surface area contributed by atoms with E-state index in [1.54, 1.807) is 4.90 Å². The van der Waals surface area contributed by atoms with Crippen molar-refractivity contribution in [3.63, 3.8) is 0 Å². The van der Waals surface area contributed by atoms with E-state index in [2.05, 4.69) is 10.2 Å². The van der Waals surface area contributed by atoms with Crippen LogP contribution in [-0.4, -0.2) is 56.9 Å². The highest BCUT2D eigenvalue weighted by Crippen LogP contribution is 2.31. The summed E-state index contributed by atoms with van der Waals surface area (Å²) >= 11 is 0. The Labute approximate surface area is 246 Å². The fraction of sp³-hybridized carbons (Fsp3) is 0.250. The Hall–Kier alpha value is -4.93. The molecule has 11 heteroatoms. The first-order chi connectivity index (χ1) is 20.8. The van der Waals surface area contributed by atoms with Crippen molar-refractivity contribution in [2.24, 2.45) is 0 Å². The second kappa shape index (κ2) is 11.7. The summed E-state index contributed by atoms with van der Waals surface area (Å²) in [7, 11) is 0. The Morgan fingerprint density at radius 3 is 2.26 bits per heavy atom. The molecule has 0 bridgehead atoms. The molecule has 3 heterocycles. The average Bonchev–Trinajstić information content (AvgIpc) is 3.16. The number of anilines is 2. The number of hydrogen-bond acceptors (Lipinski definition) is 5. The maximum absolute atomic E-state index is 13.1. The maximum atomic E-state index is 13.1. The van der Waals surface area contributed by atoms with Gasteiger partial charge in [0.25, 0.3) is 0 Å². The lowest BCUT2D eigenvalue weighted by atomic mass is 10.1. The van der Waals surface area contributed by atoms with Crippen LogP contribution in [0.25, 0.3) is 16.7 Å². The molecule has 0 saturated carbocycles. The number of halogens is 3. The highest BCUT2D eigenvalue weighted by atomic mass is 19.4. The molecule has 220 valence electrons. The van der Waals surface area contributed by atoms with Crippen LogP contribution in [0.5, 0.6) is 0 Å². The second-order valence-corrected chi connectivity index (χ2v) is 10.5. The Bertz CT molecular complexity index is 1720. The number of para-hydroxylation sites is 1. The Morgan fingerprint density at radius 1 is 0.860 bits per heavy atom. The van der Waals surface area contributed by atoms with Gasteiger partial charge in [-0.1, -0.05) is 48.5 Å². The van der Waals surface area contributed by atoms with Gasteiger partial charge in [-0.25, -0.2) is 19.4 Å². The monoisotopic (exact) mass is 585 g/mol. The molecule has 0 aliphatic carbocycles. The summed E-state index contributed by atoms with van der Waals surface area (Å²) in [5.74, 6) is 1.45. The van der Waals surface area contributed by atoms with E-state index in [1.807, 2.05) is 72.3 Å². The van der Waals surface area contributed by atoms with Crippen LogP contribution in [0.3, 0.4) is 0 Å². The van der Waals surface area contributed by atoms with E-state index >= 15 is 0 Å². The number of hydrogen-bond donors (Lipinski definition) is 1. The fourth-order valence-corrected chi connectivity index (χ4v) is 5.32. The zero-order valence-corrected chi connectivity index (χ0v) is 23.6. The van der Waals surface area contributed by atoms with Crippen LogP contribution in [-0.2, 0) is 12.6 Å². The van der Waals surface area contributed by atoms with Gasteiger partial charge in [0.05, 0.1) is 22.3 Å². The number of carbonyl (C=O) groups excluding carboxylic acids is 1. The lowest BCUT2D eigenvalue weighted by molar-refractivity contribution is -0.137. The topological polar surface area (TPSA) is 79.2 Å². The zero-order valence-electron chi connectivity index (χ0n) is 23.6. The van der Waals surface area contributed by atoms with E-state index in [1.165, 1.54) is 12.1 Å². The minimum absolute atomic E-state index is 0.311. The first kappa shape index (κ1) is 28.2. The van der Waals surface area contributed by atoms with E-state index in [9.17, 15) is 18.0 Å². The van der Waals surface area contributed by atoms with Crippen LogP contribution in [0.4, 0.5) is 29.5 Å². The van der Waals surface area contributed by atoms with Gasteiger partial charge in [-0.3, -0.25) is 0 Å². The number of amides is 2. The van der Waals surface area contributed by atoms with E-state index in [-0.39, 0.29) is 6.03 Å². The van der Waals surface area contributed by atoms with Crippen LogP contribution in [0.1, 0.15) is 29.1 Å². The summed E-state index contributed by atoms with van der Waals surface area (Å²) in [6, 6.07) is 24.0. The molecule has 8 nitrogen and oxygen atoms in total. The molecule has 1 fully saturated rings. The summed E-state index contributed by atoms with van der Waals surface area (Å²) in [4.78, 5) is 26.9. The number of nitrogens with one attached hydrogen (secondary N) is 1. The third kappa shape index (κ3) is 6.15. The van der Waals surface area contributed by atoms with Gasteiger partial charge in [0, 0.05) is 38.3 Å². The predicted octanol–water partition coefficient (Wildman–Crippen LogP) is 6.48. The van der Waals surface area contributed by atoms with Crippen molar-refractivity contribution >= 4 is 28.6 Å². The smallest absolute Gasteiger partial charge is 0.354 e. The summed E-state index contributed by atoms with van der Waals surface area (Å²) in [6.45, 7) is 4.05. The third-order valence-electron chi connectivity index (χ3n) is 7.48. The van der Waals surface area contributed by atoms with Gasteiger partial charge in [-0.15, -0.1) is 0 Å². The van der Waals surface area contributed by atoms with Gasteiger partial charge in [-0.2, -0.15) is 18.3 Å².